The second-order valence-corrected chi connectivity index (χ2v) is 6.41. The fourth-order valence-corrected chi connectivity index (χ4v) is 3.12. The predicted octanol–water partition coefficient (Wildman–Crippen LogP) is 2.29. The maximum atomic E-state index is 12.5. The zero-order valence-corrected chi connectivity index (χ0v) is 15.1. The van der Waals surface area contributed by atoms with Crippen LogP contribution in [-0.2, 0) is 9.59 Å². The number of piperazine rings is 1. The minimum atomic E-state index is -0.346. The summed E-state index contributed by atoms with van der Waals surface area (Å²) in [7, 11) is 0. The minimum Gasteiger partial charge on any atom is -0.368 e. The lowest BCUT2D eigenvalue weighted by atomic mass is 10.2. The number of hydrogen-bond acceptors (Lipinski definition) is 3. The van der Waals surface area contributed by atoms with Gasteiger partial charge in [-0.05, 0) is 37.5 Å². The van der Waals surface area contributed by atoms with E-state index >= 15 is 0 Å². The molecular weight excluding hydrogens is 302 g/mol. The molecule has 5 nitrogen and oxygen atoms in total. The lowest BCUT2D eigenvalue weighted by molar-refractivity contribution is -0.152. The van der Waals surface area contributed by atoms with Crippen molar-refractivity contribution in [2.24, 2.45) is 0 Å². The zero-order chi connectivity index (χ0) is 17.5. The highest BCUT2D eigenvalue weighted by Gasteiger charge is 2.29. The van der Waals surface area contributed by atoms with E-state index in [0.717, 1.165) is 25.9 Å². The van der Waals surface area contributed by atoms with Crippen LogP contribution in [0.2, 0.25) is 0 Å². The summed E-state index contributed by atoms with van der Waals surface area (Å²) in [6.07, 6.45) is 1.75. The number of rotatable bonds is 5. The number of carbonyl (C=O) groups excluding carboxylic acids is 2. The Hall–Kier alpha value is -2.04. The summed E-state index contributed by atoms with van der Waals surface area (Å²) in [6, 6.07) is 8.39. The van der Waals surface area contributed by atoms with E-state index in [2.05, 4.69) is 36.1 Å². The Morgan fingerprint density at radius 3 is 2.21 bits per heavy atom. The van der Waals surface area contributed by atoms with E-state index < -0.39 is 0 Å². The molecule has 1 heterocycles. The molecule has 132 valence electrons. The van der Waals surface area contributed by atoms with Crippen molar-refractivity contribution in [3.8, 4) is 0 Å². The molecular formula is C19H29N3O2. The van der Waals surface area contributed by atoms with E-state index in [4.69, 9.17) is 0 Å². The molecule has 2 rings (SSSR count). The largest absolute Gasteiger partial charge is 0.368 e. The van der Waals surface area contributed by atoms with Crippen LogP contribution in [0.25, 0.3) is 0 Å². The van der Waals surface area contributed by atoms with E-state index in [-0.39, 0.29) is 11.8 Å². The molecule has 0 radical (unpaired) electrons. The Balaban J connectivity index is 1.93. The van der Waals surface area contributed by atoms with Gasteiger partial charge in [-0.1, -0.05) is 26.0 Å². The van der Waals surface area contributed by atoms with Gasteiger partial charge in [0.2, 0.25) is 0 Å². The van der Waals surface area contributed by atoms with Gasteiger partial charge >= 0.3 is 11.8 Å². The summed E-state index contributed by atoms with van der Waals surface area (Å²) in [6.45, 7) is 10.2. The van der Waals surface area contributed by atoms with Crippen molar-refractivity contribution in [2.45, 2.75) is 33.6 Å². The minimum absolute atomic E-state index is 0.345. The van der Waals surface area contributed by atoms with Crippen LogP contribution in [0.1, 0.15) is 32.3 Å². The summed E-state index contributed by atoms with van der Waals surface area (Å²) < 4.78 is 0. The smallest absolute Gasteiger partial charge is 0.312 e. The van der Waals surface area contributed by atoms with Gasteiger partial charge in [0, 0.05) is 45.0 Å². The highest BCUT2D eigenvalue weighted by molar-refractivity contribution is 6.34. The molecule has 0 unspecified atom stereocenters. The lowest BCUT2D eigenvalue weighted by Crippen LogP contribution is -2.53. The standard InChI is InChI=1S/C19H29N3O2/c1-4-9-21(10-5-2)18(23)19(24)22-13-11-20(12-14-22)17-8-6-7-16(3)15-17/h6-8,15H,4-5,9-14H2,1-3H3. The van der Waals surface area contributed by atoms with Crippen LogP contribution < -0.4 is 4.90 Å². The predicted molar refractivity (Wildman–Crippen MR) is 97.1 cm³/mol. The molecule has 1 aromatic carbocycles. The van der Waals surface area contributed by atoms with Crippen LogP contribution in [0.3, 0.4) is 0 Å². The number of anilines is 1. The number of amides is 2. The molecule has 1 aliphatic rings. The molecule has 2 amide bonds. The molecule has 0 aliphatic carbocycles. The fraction of sp³-hybridized carbons (Fsp3) is 0.579. The molecule has 1 aliphatic heterocycles. The number of benzene rings is 1. The van der Waals surface area contributed by atoms with Crippen LogP contribution in [-0.4, -0.2) is 60.9 Å². The highest BCUT2D eigenvalue weighted by atomic mass is 16.2. The zero-order valence-electron chi connectivity index (χ0n) is 15.1. The monoisotopic (exact) mass is 331 g/mol. The van der Waals surface area contributed by atoms with Crippen molar-refractivity contribution in [2.75, 3.05) is 44.2 Å². The van der Waals surface area contributed by atoms with Gasteiger partial charge in [0.15, 0.2) is 0 Å². The van der Waals surface area contributed by atoms with Crippen LogP contribution in [0.15, 0.2) is 24.3 Å². The first-order chi connectivity index (χ1) is 11.6. The van der Waals surface area contributed by atoms with Crippen molar-refractivity contribution in [3.05, 3.63) is 29.8 Å². The van der Waals surface area contributed by atoms with Gasteiger partial charge in [0.05, 0.1) is 0 Å². The molecule has 0 atom stereocenters. The summed E-state index contributed by atoms with van der Waals surface area (Å²) in [5.41, 5.74) is 2.42. The van der Waals surface area contributed by atoms with Gasteiger partial charge in [-0.15, -0.1) is 0 Å². The molecule has 1 saturated heterocycles. The molecule has 0 aromatic heterocycles. The first-order valence-electron chi connectivity index (χ1n) is 8.96. The molecule has 0 saturated carbocycles. The molecule has 0 bridgehead atoms. The van der Waals surface area contributed by atoms with E-state index in [1.165, 1.54) is 11.3 Å². The van der Waals surface area contributed by atoms with E-state index in [9.17, 15) is 9.59 Å². The summed E-state index contributed by atoms with van der Waals surface area (Å²) in [5.74, 6) is -0.691. The number of aryl methyl sites for hydroxylation is 1. The van der Waals surface area contributed by atoms with Crippen molar-refractivity contribution < 1.29 is 9.59 Å². The van der Waals surface area contributed by atoms with E-state index in [0.29, 0.717) is 26.2 Å². The first kappa shape index (κ1) is 18.3. The lowest BCUT2D eigenvalue weighted by Gasteiger charge is -2.36. The van der Waals surface area contributed by atoms with Crippen molar-refractivity contribution >= 4 is 17.5 Å². The van der Waals surface area contributed by atoms with Gasteiger partial charge in [-0.25, -0.2) is 0 Å². The van der Waals surface area contributed by atoms with Crippen molar-refractivity contribution in [1.29, 1.82) is 0 Å². The molecule has 5 heteroatoms. The fourth-order valence-electron chi connectivity index (χ4n) is 3.12. The Morgan fingerprint density at radius 2 is 1.67 bits per heavy atom. The van der Waals surface area contributed by atoms with Crippen molar-refractivity contribution in [1.82, 2.24) is 9.80 Å². The summed E-state index contributed by atoms with van der Waals surface area (Å²) in [5, 5.41) is 0. The van der Waals surface area contributed by atoms with Crippen LogP contribution >= 0.6 is 0 Å². The van der Waals surface area contributed by atoms with Gasteiger partial charge < -0.3 is 14.7 Å². The Morgan fingerprint density at radius 1 is 1.04 bits per heavy atom. The third-order valence-electron chi connectivity index (χ3n) is 4.39. The Kier molecular flexibility index (Phi) is 6.64. The molecule has 0 spiro atoms. The van der Waals surface area contributed by atoms with Crippen LogP contribution in [0.5, 0.6) is 0 Å². The molecule has 0 N–H and O–H groups in total. The molecule has 24 heavy (non-hydrogen) atoms. The molecule has 1 aromatic rings. The van der Waals surface area contributed by atoms with Crippen LogP contribution in [0.4, 0.5) is 5.69 Å². The highest BCUT2D eigenvalue weighted by Crippen LogP contribution is 2.18. The Bertz CT molecular complexity index is 559. The average molecular weight is 331 g/mol. The van der Waals surface area contributed by atoms with Crippen LogP contribution in [0, 0.1) is 6.92 Å². The summed E-state index contributed by atoms with van der Waals surface area (Å²) in [4.78, 5) is 30.6. The summed E-state index contributed by atoms with van der Waals surface area (Å²) >= 11 is 0. The quantitative estimate of drug-likeness (QED) is 0.778. The van der Waals surface area contributed by atoms with E-state index in [1.807, 2.05) is 13.8 Å². The second-order valence-electron chi connectivity index (χ2n) is 6.41. The SMILES string of the molecule is CCCN(CCC)C(=O)C(=O)N1CCN(c2cccc(C)c2)CC1. The third-order valence-corrected chi connectivity index (χ3v) is 4.39. The number of carbonyl (C=O) groups is 2. The average Bonchev–Trinajstić information content (AvgIpc) is 2.60. The van der Waals surface area contributed by atoms with Gasteiger partial charge in [-0.3, -0.25) is 9.59 Å². The van der Waals surface area contributed by atoms with E-state index in [1.54, 1.807) is 9.80 Å². The Labute approximate surface area is 145 Å². The number of hydrogen-bond donors (Lipinski definition) is 0. The first-order valence-corrected chi connectivity index (χ1v) is 8.96. The maximum Gasteiger partial charge on any atom is 0.312 e. The maximum absolute atomic E-state index is 12.5. The third kappa shape index (κ3) is 4.49. The van der Waals surface area contributed by atoms with Crippen molar-refractivity contribution in [3.63, 3.8) is 0 Å². The molecule has 1 fully saturated rings. The topological polar surface area (TPSA) is 43.9 Å². The van der Waals surface area contributed by atoms with Gasteiger partial charge in [-0.2, -0.15) is 0 Å². The normalized spacial score (nSPS) is 14.6. The second kappa shape index (κ2) is 8.71. The number of nitrogens with zero attached hydrogens (tertiary/aromatic N) is 3. The van der Waals surface area contributed by atoms with Gasteiger partial charge in [0.25, 0.3) is 0 Å². The van der Waals surface area contributed by atoms with Gasteiger partial charge in [0.1, 0.15) is 0 Å².